The topological polar surface area (TPSA) is 107 Å². The summed E-state index contributed by atoms with van der Waals surface area (Å²) < 4.78 is 4.95. The van der Waals surface area contributed by atoms with Crippen LogP contribution in [0.3, 0.4) is 0 Å². The van der Waals surface area contributed by atoms with Crippen LogP contribution in [0.2, 0.25) is 0 Å². The van der Waals surface area contributed by atoms with Gasteiger partial charge in [0.05, 0.1) is 16.8 Å². The monoisotopic (exact) mass is 352 g/mol. The maximum atomic E-state index is 12.8. The summed E-state index contributed by atoms with van der Waals surface area (Å²) in [5.41, 5.74) is 6.50. The maximum Gasteiger partial charge on any atom is 0.340 e. The van der Waals surface area contributed by atoms with Crippen molar-refractivity contribution in [3.63, 3.8) is 0 Å². The zero-order chi connectivity index (χ0) is 19.0. The van der Waals surface area contributed by atoms with Crippen molar-refractivity contribution in [3.8, 4) is 0 Å². The molecule has 7 nitrogen and oxygen atoms in total. The Morgan fingerprint density at radius 3 is 2.19 bits per heavy atom. The Morgan fingerprint density at radius 2 is 1.58 bits per heavy atom. The number of ketones is 2. The van der Waals surface area contributed by atoms with Crippen LogP contribution in [0.5, 0.6) is 0 Å². The van der Waals surface area contributed by atoms with E-state index in [0.717, 1.165) is 0 Å². The van der Waals surface area contributed by atoms with Gasteiger partial charge in [0.2, 0.25) is 0 Å². The highest BCUT2D eigenvalue weighted by atomic mass is 16.5. The van der Waals surface area contributed by atoms with Crippen LogP contribution >= 0.6 is 0 Å². The highest BCUT2D eigenvalue weighted by Gasteiger charge is 2.33. The fraction of sp³-hybridized carbons (Fsp3) is 0.158. The molecule has 1 amide bonds. The van der Waals surface area contributed by atoms with Crippen molar-refractivity contribution in [2.24, 2.45) is 0 Å². The van der Waals surface area contributed by atoms with E-state index in [9.17, 15) is 19.2 Å². The molecule has 132 valence electrons. The van der Waals surface area contributed by atoms with Gasteiger partial charge in [-0.2, -0.15) is 0 Å². The number of hydrogen-bond acceptors (Lipinski definition) is 6. The van der Waals surface area contributed by atoms with Gasteiger partial charge >= 0.3 is 5.97 Å². The molecule has 0 fully saturated rings. The molecule has 0 aromatic heterocycles. The van der Waals surface area contributed by atoms with Gasteiger partial charge in [0.15, 0.2) is 18.2 Å². The number of amides is 1. The molecular formula is C19H16N2O5. The first kappa shape index (κ1) is 17.3. The number of benzene rings is 2. The molecule has 0 radical (unpaired) electrons. The second kappa shape index (κ2) is 6.44. The molecule has 0 unspecified atom stereocenters. The van der Waals surface area contributed by atoms with Gasteiger partial charge in [-0.1, -0.05) is 24.3 Å². The summed E-state index contributed by atoms with van der Waals surface area (Å²) >= 11 is 0. The van der Waals surface area contributed by atoms with Crippen molar-refractivity contribution in [2.45, 2.75) is 0 Å². The molecule has 1 aliphatic rings. The molecule has 26 heavy (non-hydrogen) atoms. The summed E-state index contributed by atoms with van der Waals surface area (Å²) in [4.78, 5) is 50.4. The molecule has 0 atom stereocenters. The fourth-order valence-corrected chi connectivity index (χ4v) is 2.72. The second-order valence-corrected chi connectivity index (χ2v) is 6.02. The van der Waals surface area contributed by atoms with E-state index in [1.807, 2.05) is 0 Å². The summed E-state index contributed by atoms with van der Waals surface area (Å²) in [5, 5.41) is 0. The van der Waals surface area contributed by atoms with Gasteiger partial charge in [-0.05, 0) is 12.1 Å². The fourth-order valence-electron chi connectivity index (χ4n) is 2.72. The number of rotatable bonds is 3. The molecule has 1 aliphatic carbocycles. The predicted octanol–water partition coefficient (Wildman–Crippen LogP) is 1.29. The number of likely N-dealkylation sites (N-methyl/N-ethyl adjacent to an activating group) is 1. The first-order valence-electron chi connectivity index (χ1n) is 7.81. The van der Waals surface area contributed by atoms with Crippen molar-refractivity contribution >= 4 is 29.1 Å². The number of carbonyl (C=O) groups is 4. The first-order valence-corrected chi connectivity index (χ1v) is 7.81. The normalized spacial score (nSPS) is 12.2. The number of anilines is 1. The largest absolute Gasteiger partial charge is 0.452 e. The van der Waals surface area contributed by atoms with Crippen LogP contribution in [0.4, 0.5) is 5.69 Å². The minimum atomic E-state index is -0.834. The van der Waals surface area contributed by atoms with E-state index >= 15 is 0 Å². The van der Waals surface area contributed by atoms with E-state index in [0.29, 0.717) is 5.56 Å². The Kier molecular flexibility index (Phi) is 4.29. The Labute approximate surface area is 149 Å². The highest BCUT2D eigenvalue weighted by Crippen LogP contribution is 2.32. The average molecular weight is 352 g/mol. The minimum Gasteiger partial charge on any atom is -0.452 e. The van der Waals surface area contributed by atoms with Gasteiger partial charge in [0, 0.05) is 30.8 Å². The van der Waals surface area contributed by atoms with E-state index in [-0.39, 0.29) is 33.7 Å². The molecule has 0 aliphatic heterocycles. The molecule has 2 N–H and O–H groups in total. The van der Waals surface area contributed by atoms with Crippen LogP contribution in [0.15, 0.2) is 36.4 Å². The van der Waals surface area contributed by atoms with Crippen LogP contribution in [-0.2, 0) is 9.53 Å². The van der Waals surface area contributed by atoms with Crippen molar-refractivity contribution in [3.05, 3.63) is 64.2 Å². The number of nitrogens with zero attached hydrogens (tertiary/aromatic N) is 1. The van der Waals surface area contributed by atoms with Crippen molar-refractivity contribution in [1.82, 2.24) is 4.90 Å². The van der Waals surface area contributed by atoms with Crippen LogP contribution in [0, 0.1) is 0 Å². The lowest BCUT2D eigenvalue weighted by atomic mass is 9.82. The third-order valence-corrected chi connectivity index (χ3v) is 4.18. The van der Waals surface area contributed by atoms with Crippen LogP contribution in [-0.4, -0.2) is 49.0 Å². The average Bonchev–Trinajstić information content (AvgIpc) is 2.63. The number of nitrogen functional groups attached to an aromatic ring is 1. The Bertz CT molecular complexity index is 962. The molecule has 0 heterocycles. The van der Waals surface area contributed by atoms with Crippen molar-refractivity contribution in [1.29, 1.82) is 0 Å². The van der Waals surface area contributed by atoms with Gasteiger partial charge in [-0.15, -0.1) is 0 Å². The Balaban J connectivity index is 1.98. The molecule has 0 bridgehead atoms. The van der Waals surface area contributed by atoms with Gasteiger partial charge in [-0.3, -0.25) is 14.4 Å². The van der Waals surface area contributed by atoms with Crippen LogP contribution in [0.1, 0.15) is 42.2 Å². The van der Waals surface area contributed by atoms with E-state index in [1.165, 1.54) is 31.1 Å². The lowest BCUT2D eigenvalue weighted by Gasteiger charge is -2.20. The minimum absolute atomic E-state index is 0.0120. The van der Waals surface area contributed by atoms with E-state index in [2.05, 4.69) is 0 Å². The number of nitrogens with two attached hydrogens (primary N) is 1. The zero-order valence-corrected chi connectivity index (χ0v) is 14.2. The third-order valence-electron chi connectivity index (χ3n) is 4.18. The Hall–Kier alpha value is -3.48. The summed E-state index contributed by atoms with van der Waals surface area (Å²) in [7, 11) is 3.07. The van der Waals surface area contributed by atoms with E-state index < -0.39 is 24.3 Å². The van der Waals surface area contributed by atoms with Crippen molar-refractivity contribution in [2.75, 3.05) is 26.4 Å². The summed E-state index contributed by atoms with van der Waals surface area (Å²) in [5.74, 6) is -1.98. The number of ether oxygens (including phenoxy) is 1. The van der Waals surface area contributed by atoms with Gasteiger partial charge in [-0.25, -0.2) is 4.79 Å². The standard InChI is InChI=1S/C19H16N2O5/c1-21(2)14(22)9-26-19(25)13-8-7-12-15(16(13)20)18(24)11-6-4-3-5-10(11)17(12)23/h3-8H,9,20H2,1-2H3. The second-order valence-electron chi connectivity index (χ2n) is 6.02. The van der Waals surface area contributed by atoms with E-state index in [4.69, 9.17) is 10.5 Å². The quantitative estimate of drug-likeness (QED) is 0.562. The molecule has 2 aromatic rings. The molecule has 0 saturated carbocycles. The van der Waals surface area contributed by atoms with Gasteiger partial charge in [0.25, 0.3) is 5.91 Å². The van der Waals surface area contributed by atoms with Crippen LogP contribution < -0.4 is 5.73 Å². The smallest absolute Gasteiger partial charge is 0.340 e. The summed E-state index contributed by atoms with van der Waals surface area (Å²) in [6.45, 7) is -0.446. The molecular weight excluding hydrogens is 336 g/mol. The highest BCUT2D eigenvalue weighted by molar-refractivity contribution is 6.30. The first-order chi connectivity index (χ1) is 12.3. The predicted molar refractivity (Wildman–Crippen MR) is 93.1 cm³/mol. The maximum absolute atomic E-state index is 12.8. The lowest BCUT2D eigenvalue weighted by Crippen LogP contribution is -2.28. The number of fused-ring (bicyclic) bond motifs is 2. The number of carbonyl (C=O) groups excluding carboxylic acids is 4. The van der Waals surface area contributed by atoms with Gasteiger partial charge < -0.3 is 15.4 Å². The molecule has 3 rings (SSSR count). The zero-order valence-electron chi connectivity index (χ0n) is 14.2. The van der Waals surface area contributed by atoms with Gasteiger partial charge in [0.1, 0.15) is 0 Å². The van der Waals surface area contributed by atoms with Crippen LogP contribution in [0.25, 0.3) is 0 Å². The van der Waals surface area contributed by atoms with Crippen molar-refractivity contribution < 1.29 is 23.9 Å². The molecule has 2 aromatic carbocycles. The number of esters is 1. The number of hydrogen-bond donors (Lipinski definition) is 1. The summed E-state index contributed by atoms with van der Waals surface area (Å²) in [6, 6.07) is 9.15. The molecule has 7 heteroatoms. The lowest BCUT2D eigenvalue weighted by molar-refractivity contribution is -0.131. The molecule has 0 spiro atoms. The Morgan fingerprint density at radius 1 is 0.962 bits per heavy atom. The SMILES string of the molecule is CN(C)C(=O)COC(=O)c1ccc2c(c1N)C(=O)c1ccccc1C2=O. The van der Waals surface area contributed by atoms with E-state index in [1.54, 1.807) is 24.3 Å². The third kappa shape index (κ3) is 2.73. The summed E-state index contributed by atoms with van der Waals surface area (Å²) in [6.07, 6.45) is 0. The molecule has 0 saturated heterocycles.